The maximum atomic E-state index is 12.3. The summed E-state index contributed by atoms with van der Waals surface area (Å²) in [7, 11) is 0. The van der Waals surface area contributed by atoms with Crippen LogP contribution in [0.5, 0.6) is 0 Å². The summed E-state index contributed by atoms with van der Waals surface area (Å²) < 4.78 is 5.30. The molecule has 7 nitrogen and oxygen atoms in total. The average Bonchev–Trinajstić information content (AvgIpc) is 2.87. The number of aliphatic hydroxyl groups is 1. The fraction of sp³-hybridized carbons (Fsp3) is 0.692. The van der Waals surface area contributed by atoms with Gasteiger partial charge >= 0.3 is 0 Å². The Labute approximate surface area is 128 Å². The van der Waals surface area contributed by atoms with Crippen molar-refractivity contribution in [1.29, 1.82) is 0 Å². The SMILES string of the molecule is CC(C)C(CO)NC(=O)c1sc(N2CCOCC2)nc1N. The first-order valence-electron chi connectivity index (χ1n) is 7.03. The number of aromatic nitrogens is 1. The zero-order valence-corrected chi connectivity index (χ0v) is 13.2. The zero-order valence-electron chi connectivity index (χ0n) is 12.3. The Kier molecular flexibility index (Phi) is 5.38. The number of nitrogens with two attached hydrogens (primary N) is 1. The lowest BCUT2D eigenvalue weighted by Gasteiger charge is -2.25. The van der Waals surface area contributed by atoms with Crippen LogP contribution in [0.1, 0.15) is 23.5 Å². The first-order valence-corrected chi connectivity index (χ1v) is 7.85. The maximum absolute atomic E-state index is 12.3. The Morgan fingerprint density at radius 2 is 2.19 bits per heavy atom. The van der Waals surface area contributed by atoms with Gasteiger partial charge in [0.25, 0.3) is 5.91 Å². The molecule has 0 spiro atoms. The molecule has 1 atom stereocenters. The number of nitrogens with zero attached hydrogens (tertiary/aromatic N) is 2. The number of anilines is 2. The van der Waals surface area contributed by atoms with Crippen molar-refractivity contribution in [2.75, 3.05) is 43.5 Å². The van der Waals surface area contributed by atoms with Crippen LogP contribution in [0.2, 0.25) is 0 Å². The molecule has 0 aromatic carbocycles. The highest BCUT2D eigenvalue weighted by Gasteiger charge is 2.23. The second-order valence-corrected chi connectivity index (χ2v) is 6.29. The van der Waals surface area contributed by atoms with Crippen LogP contribution < -0.4 is 16.0 Å². The molecule has 1 aromatic rings. The zero-order chi connectivity index (χ0) is 15.4. The molecule has 2 rings (SSSR count). The predicted molar refractivity (Wildman–Crippen MR) is 82.7 cm³/mol. The van der Waals surface area contributed by atoms with E-state index in [2.05, 4.69) is 15.2 Å². The van der Waals surface area contributed by atoms with Crippen molar-refractivity contribution in [3.8, 4) is 0 Å². The van der Waals surface area contributed by atoms with E-state index in [-0.39, 0.29) is 30.3 Å². The van der Waals surface area contributed by atoms with Gasteiger partial charge in [0, 0.05) is 13.1 Å². The van der Waals surface area contributed by atoms with Crippen LogP contribution >= 0.6 is 11.3 Å². The number of thiazole rings is 1. The van der Waals surface area contributed by atoms with E-state index < -0.39 is 0 Å². The van der Waals surface area contributed by atoms with Crippen molar-refractivity contribution in [2.45, 2.75) is 19.9 Å². The topological polar surface area (TPSA) is 101 Å². The van der Waals surface area contributed by atoms with Crippen LogP contribution in [0.15, 0.2) is 0 Å². The molecule has 1 saturated heterocycles. The molecule has 1 unspecified atom stereocenters. The van der Waals surface area contributed by atoms with Gasteiger partial charge in [-0.15, -0.1) is 0 Å². The average molecular weight is 314 g/mol. The van der Waals surface area contributed by atoms with Gasteiger partial charge in [0.1, 0.15) is 10.7 Å². The summed E-state index contributed by atoms with van der Waals surface area (Å²) in [4.78, 5) is 19.0. The Morgan fingerprint density at radius 1 is 1.52 bits per heavy atom. The van der Waals surface area contributed by atoms with E-state index in [1.54, 1.807) is 0 Å². The Hall–Kier alpha value is -1.38. The highest BCUT2D eigenvalue weighted by molar-refractivity contribution is 7.18. The number of morpholine rings is 1. The molecule has 4 N–H and O–H groups in total. The number of nitrogens with one attached hydrogen (secondary N) is 1. The van der Waals surface area contributed by atoms with Crippen LogP contribution in [0.4, 0.5) is 10.9 Å². The Bertz CT molecular complexity index is 486. The highest BCUT2D eigenvalue weighted by atomic mass is 32.1. The van der Waals surface area contributed by atoms with Crippen LogP contribution in [-0.2, 0) is 4.74 Å². The van der Waals surface area contributed by atoms with E-state index in [0.717, 1.165) is 18.2 Å². The first kappa shape index (κ1) is 16.0. The fourth-order valence-corrected chi connectivity index (χ4v) is 2.97. The van der Waals surface area contributed by atoms with Crippen molar-refractivity contribution < 1.29 is 14.6 Å². The van der Waals surface area contributed by atoms with Gasteiger partial charge in [-0.3, -0.25) is 4.79 Å². The molecule has 0 radical (unpaired) electrons. The number of hydrogen-bond acceptors (Lipinski definition) is 7. The summed E-state index contributed by atoms with van der Waals surface area (Å²) in [6.07, 6.45) is 0. The van der Waals surface area contributed by atoms with Crippen LogP contribution in [0, 0.1) is 5.92 Å². The molecule has 1 aromatic heterocycles. The summed E-state index contributed by atoms with van der Waals surface area (Å²) in [5, 5.41) is 12.8. The van der Waals surface area contributed by atoms with E-state index in [1.807, 2.05) is 13.8 Å². The largest absolute Gasteiger partial charge is 0.394 e. The second-order valence-electron chi connectivity index (χ2n) is 5.32. The van der Waals surface area contributed by atoms with Crippen LogP contribution in [0.25, 0.3) is 0 Å². The van der Waals surface area contributed by atoms with Gasteiger partial charge in [0.05, 0.1) is 25.9 Å². The smallest absolute Gasteiger partial charge is 0.265 e. The van der Waals surface area contributed by atoms with E-state index in [4.69, 9.17) is 10.5 Å². The normalized spacial score (nSPS) is 17.0. The Balaban J connectivity index is 2.09. The van der Waals surface area contributed by atoms with Gasteiger partial charge in [-0.2, -0.15) is 0 Å². The number of carbonyl (C=O) groups is 1. The molecule has 8 heteroatoms. The third kappa shape index (κ3) is 3.84. The fourth-order valence-electron chi connectivity index (χ4n) is 2.03. The van der Waals surface area contributed by atoms with Gasteiger partial charge < -0.3 is 25.8 Å². The van der Waals surface area contributed by atoms with Gasteiger partial charge in [-0.1, -0.05) is 25.2 Å². The third-order valence-corrected chi connectivity index (χ3v) is 4.58. The van der Waals surface area contributed by atoms with E-state index in [0.29, 0.717) is 18.1 Å². The lowest BCUT2D eigenvalue weighted by Crippen LogP contribution is -2.41. The van der Waals surface area contributed by atoms with Gasteiger partial charge in [-0.25, -0.2) is 4.98 Å². The molecule has 2 heterocycles. The lowest BCUT2D eigenvalue weighted by molar-refractivity contribution is 0.0901. The van der Waals surface area contributed by atoms with Crippen molar-refractivity contribution >= 4 is 28.2 Å². The monoisotopic (exact) mass is 314 g/mol. The Morgan fingerprint density at radius 3 is 2.76 bits per heavy atom. The molecule has 118 valence electrons. The number of amides is 1. The molecule has 0 aliphatic carbocycles. The number of rotatable bonds is 5. The summed E-state index contributed by atoms with van der Waals surface area (Å²) in [6.45, 7) is 6.59. The predicted octanol–water partition coefficient (Wildman–Crippen LogP) is 0.309. The molecule has 1 aliphatic rings. The highest BCUT2D eigenvalue weighted by Crippen LogP contribution is 2.28. The van der Waals surface area contributed by atoms with Crippen molar-refractivity contribution in [2.24, 2.45) is 5.92 Å². The summed E-state index contributed by atoms with van der Waals surface area (Å²) in [6, 6.07) is -0.286. The van der Waals surface area contributed by atoms with Crippen LogP contribution in [-0.4, -0.2) is 54.9 Å². The molecule has 1 fully saturated rings. The second kappa shape index (κ2) is 7.06. The van der Waals surface area contributed by atoms with E-state index >= 15 is 0 Å². The van der Waals surface area contributed by atoms with Crippen molar-refractivity contribution in [1.82, 2.24) is 10.3 Å². The lowest BCUT2D eigenvalue weighted by atomic mass is 10.1. The van der Waals surface area contributed by atoms with Crippen molar-refractivity contribution in [3.05, 3.63) is 4.88 Å². The minimum absolute atomic E-state index is 0.0988. The summed E-state index contributed by atoms with van der Waals surface area (Å²) in [5.74, 6) is 0.100. The molecule has 1 aliphatic heterocycles. The number of carbonyl (C=O) groups excluding carboxylic acids is 1. The van der Waals surface area contributed by atoms with Crippen LogP contribution in [0.3, 0.4) is 0 Å². The quantitative estimate of drug-likeness (QED) is 0.723. The maximum Gasteiger partial charge on any atom is 0.265 e. The standard InChI is InChI=1S/C13H22N4O3S/c1-8(2)9(7-18)15-12(19)10-11(14)16-13(21-10)17-3-5-20-6-4-17/h8-9,18H,3-7,14H2,1-2H3,(H,15,19). The minimum Gasteiger partial charge on any atom is -0.394 e. The van der Waals surface area contributed by atoms with E-state index in [9.17, 15) is 9.90 Å². The molecular formula is C13H22N4O3S. The molecular weight excluding hydrogens is 292 g/mol. The summed E-state index contributed by atoms with van der Waals surface area (Å²) in [5.41, 5.74) is 5.86. The van der Waals surface area contributed by atoms with Crippen molar-refractivity contribution in [3.63, 3.8) is 0 Å². The molecule has 1 amide bonds. The first-order chi connectivity index (χ1) is 10.0. The molecule has 0 saturated carbocycles. The summed E-state index contributed by atoms with van der Waals surface area (Å²) >= 11 is 1.28. The van der Waals surface area contributed by atoms with E-state index in [1.165, 1.54) is 11.3 Å². The number of nitrogen functional groups attached to an aromatic ring is 1. The van der Waals surface area contributed by atoms with Gasteiger partial charge in [-0.05, 0) is 5.92 Å². The molecule has 0 bridgehead atoms. The minimum atomic E-state index is -0.286. The third-order valence-electron chi connectivity index (χ3n) is 3.45. The van der Waals surface area contributed by atoms with Gasteiger partial charge in [0.15, 0.2) is 5.13 Å². The number of aliphatic hydroxyl groups excluding tert-OH is 1. The number of ether oxygens (including phenoxy) is 1. The molecule has 21 heavy (non-hydrogen) atoms. The number of hydrogen-bond donors (Lipinski definition) is 3. The van der Waals surface area contributed by atoms with Gasteiger partial charge in [0.2, 0.25) is 0 Å².